The number of rotatable bonds is 3. The van der Waals surface area contributed by atoms with Gasteiger partial charge in [-0.2, -0.15) is 5.10 Å². The third-order valence-corrected chi connectivity index (χ3v) is 3.98. The van der Waals surface area contributed by atoms with Crippen molar-refractivity contribution in [3.05, 3.63) is 27.5 Å². The van der Waals surface area contributed by atoms with Crippen LogP contribution in [0.5, 0.6) is 0 Å². The normalized spacial score (nSPS) is 12.4. The van der Waals surface area contributed by atoms with Crippen LogP contribution in [-0.2, 0) is 7.05 Å². The van der Waals surface area contributed by atoms with Gasteiger partial charge < -0.3 is 11.1 Å². The topological polar surface area (TPSA) is 85.8 Å². The van der Waals surface area contributed by atoms with E-state index in [0.29, 0.717) is 17.1 Å². The van der Waals surface area contributed by atoms with Gasteiger partial charge in [-0.05, 0) is 20.8 Å². The maximum atomic E-state index is 12.2. The lowest BCUT2D eigenvalue weighted by molar-refractivity contribution is 0.0931. The van der Waals surface area contributed by atoms with Gasteiger partial charge >= 0.3 is 0 Å². The van der Waals surface area contributed by atoms with Crippen LogP contribution >= 0.6 is 11.3 Å². The first-order valence-electron chi connectivity index (χ1n) is 5.92. The number of anilines is 1. The van der Waals surface area contributed by atoms with Gasteiger partial charge in [0.05, 0.1) is 17.4 Å². The second-order valence-electron chi connectivity index (χ2n) is 4.49. The van der Waals surface area contributed by atoms with Crippen molar-refractivity contribution < 1.29 is 4.79 Å². The lowest BCUT2D eigenvalue weighted by Gasteiger charge is -2.11. The standard InChI is InChI=1S/C12H17N5OS/c1-6-5-19-12(14-6)8(3)15-11(18)10-9(13)7(2)16-17(10)4/h5,8H,13H2,1-4H3,(H,15,18). The third kappa shape index (κ3) is 2.60. The Hall–Kier alpha value is -1.89. The Kier molecular flexibility index (Phi) is 3.57. The van der Waals surface area contributed by atoms with E-state index in [4.69, 9.17) is 5.73 Å². The van der Waals surface area contributed by atoms with Gasteiger partial charge in [-0.3, -0.25) is 9.48 Å². The first-order chi connectivity index (χ1) is 8.90. The number of aryl methyl sites for hydroxylation is 3. The number of nitrogens with one attached hydrogen (secondary N) is 1. The summed E-state index contributed by atoms with van der Waals surface area (Å²) in [6.45, 7) is 5.60. The molecule has 2 aromatic rings. The van der Waals surface area contributed by atoms with Gasteiger partial charge in [-0.1, -0.05) is 0 Å². The first-order valence-corrected chi connectivity index (χ1v) is 6.80. The Morgan fingerprint density at radius 3 is 2.68 bits per heavy atom. The highest BCUT2D eigenvalue weighted by atomic mass is 32.1. The second-order valence-corrected chi connectivity index (χ2v) is 5.38. The summed E-state index contributed by atoms with van der Waals surface area (Å²) in [4.78, 5) is 16.6. The number of carbonyl (C=O) groups excluding carboxylic acids is 1. The fourth-order valence-corrected chi connectivity index (χ4v) is 2.65. The molecule has 6 nitrogen and oxygen atoms in total. The summed E-state index contributed by atoms with van der Waals surface area (Å²) in [5.41, 5.74) is 8.28. The summed E-state index contributed by atoms with van der Waals surface area (Å²) in [6, 6.07) is -0.152. The zero-order valence-electron chi connectivity index (χ0n) is 11.4. The minimum absolute atomic E-state index is 0.152. The number of hydrogen-bond donors (Lipinski definition) is 2. The van der Waals surface area contributed by atoms with E-state index in [0.717, 1.165) is 10.7 Å². The average Bonchev–Trinajstić information content (AvgIpc) is 2.84. The van der Waals surface area contributed by atoms with Crippen LogP contribution in [0.25, 0.3) is 0 Å². The van der Waals surface area contributed by atoms with Gasteiger partial charge in [0.2, 0.25) is 0 Å². The van der Waals surface area contributed by atoms with Gasteiger partial charge in [0.25, 0.3) is 5.91 Å². The zero-order chi connectivity index (χ0) is 14.2. The van der Waals surface area contributed by atoms with E-state index < -0.39 is 0 Å². The van der Waals surface area contributed by atoms with Gasteiger partial charge in [0, 0.05) is 18.1 Å². The highest BCUT2D eigenvalue weighted by molar-refractivity contribution is 7.09. The molecule has 3 N–H and O–H groups in total. The van der Waals surface area contributed by atoms with Crippen molar-refractivity contribution in [1.29, 1.82) is 0 Å². The zero-order valence-corrected chi connectivity index (χ0v) is 12.2. The number of nitrogen functional groups attached to an aromatic ring is 1. The summed E-state index contributed by atoms with van der Waals surface area (Å²) in [6.07, 6.45) is 0. The maximum absolute atomic E-state index is 12.2. The Morgan fingerprint density at radius 2 is 2.21 bits per heavy atom. The summed E-state index contributed by atoms with van der Waals surface area (Å²) in [7, 11) is 1.70. The lowest BCUT2D eigenvalue weighted by Crippen LogP contribution is -2.29. The molecule has 1 atom stereocenters. The number of aromatic nitrogens is 3. The van der Waals surface area contributed by atoms with E-state index in [9.17, 15) is 4.79 Å². The highest BCUT2D eigenvalue weighted by Crippen LogP contribution is 2.20. The Bertz CT molecular complexity index is 616. The molecule has 0 aliphatic heterocycles. The molecule has 0 radical (unpaired) electrons. The van der Waals surface area contributed by atoms with Crippen LogP contribution in [0.15, 0.2) is 5.38 Å². The average molecular weight is 279 g/mol. The van der Waals surface area contributed by atoms with Gasteiger partial charge in [-0.25, -0.2) is 4.98 Å². The van der Waals surface area contributed by atoms with Crippen LogP contribution in [0, 0.1) is 13.8 Å². The number of nitrogens with two attached hydrogens (primary N) is 1. The maximum Gasteiger partial charge on any atom is 0.272 e. The molecule has 0 fully saturated rings. The first kappa shape index (κ1) is 13.5. The van der Waals surface area contributed by atoms with Crippen molar-refractivity contribution in [2.75, 3.05) is 5.73 Å². The molecule has 0 bridgehead atoms. The number of thiazole rings is 1. The predicted molar refractivity (Wildman–Crippen MR) is 75.1 cm³/mol. The number of nitrogens with zero attached hydrogens (tertiary/aromatic N) is 3. The molecule has 7 heteroatoms. The molecule has 102 valence electrons. The molecule has 0 spiro atoms. The van der Waals surface area contributed by atoms with Gasteiger partial charge in [0.15, 0.2) is 0 Å². The Morgan fingerprint density at radius 1 is 1.53 bits per heavy atom. The Balaban J connectivity index is 2.17. The van der Waals surface area contributed by atoms with Crippen LogP contribution in [0.4, 0.5) is 5.69 Å². The van der Waals surface area contributed by atoms with E-state index in [2.05, 4.69) is 15.4 Å². The molecule has 0 saturated carbocycles. The smallest absolute Gasteiger partial charge is 0.272 e. The van der Waals surface area contributed by atoms with Crippen molar-refractivity contribution >= 4 is 22.9 Å². The molecule has 1 unspecified atom stereocenters. The minimum atomic E-state index is -0.235. The van der Waals surface area contributed by atoms with Gasteiger partial charge in [0.1, 0.15) is 10.7 Å². The number of hydrogen-bond acceptors (Lipinski definition) is 5. The fourth-order valence-electron chi connectivity index (χ4n) is 1.84. The highest BCUT2D eigenvalue weighted by Gasteiger charge is 2.20. The molecule has 19 heavy (non-hydrogen) atoms. The summed E-state index contributed by atoms with van der Waals surface area (Å²) >= 11 is 1.53. The van der Waals surface area contributed by atoms with E-state index in [1.165, 1.54) is 16.0 Å². The molecule has 0 aromatic carbocycles. The van der Waals surface area contributed by atoms with Crippen LogP contribution in [-0.4, -0.2) is 20.7 Å². The molecule has 2 aromatic heterocycles. The number of carbonyl (C=O) groups is 1. The third-order valence-electron chi connectivity index (χ3n) is 2.84. The van der Waals surface area contributed by atoms with E-state index in [1.807, 2.05) is 19.2 Å². The van der Waals surface area contributed by atoms with Crippen molar-refractivity contribution in [3.63, 3.8) is 0 Å². The van der Waals surface area contributed by atoms with Crippen LogP contribution in [0.3, 0.4) is 0 Å². The summed E-state index contributed by atoms with van der Waals surface area (Å²) in [5, 5.41) is 9.86. The minimum Gasteiger partial charge on any atom is -0.395 e. The second kappa shape index (κ2) is 5.00. The monoisotopic (exact) mass is 279 g/mol. The lowest BCUT2D eigenvalue weighted by atomic mass is 10.2. The largest absolute Gasteiger partial charge is 0.395 e. The molecule has 0 saturated heterocycles. The number of amides is 1. The summed E-state index contributed by atoms with van der Waals surface area (Å²) in [5.74, 6) is -0.235. The van der Waals surface area contributed by atoms with Crippen molar-refractivity contribution in [3.8, 4) is 0 Å². The van der Waals surface area contributed by atoms with Crippen LogP contribution in [0.2, 0.25) is 0 Å². The fraction of sp³-hybridized carbons (Fsp3) is 0.417. The predicted octanol–water partition coefficient (Wildman–Crippen LogP) is 1.57. The SMILES string of the molecule is Cc1csc(C(C)NC(=O)c2c(N)c(C)nn2C)n1. The summed E-state index contributed by atoms with van der Waals surface area (Å²) < 4.78 is 1.50. The molecule has 2 heterocycles. The van der Waals surface area contributed by atoms with Gasteiger partial charge in [-0.15, -0.1) is 11.3 Å². The molecule has 0 aliphatic rings. The van der Waals surface area contributed by atoms with Crippen molar-refractivity contribution in [1.82, 2.24) is 20.1 Å². The van der Waals surface area contributed by atoms with Crippen molar-refractivity contribution in [2.24, 2.45) is 7.05 Å². The molecule has 1 amide bonds. The quantitative estimate of drug-likeness (QED) is 0.893. The van der Waals surface area contributed by atoms with Crippen molar-refractivity contribution in [2.45, 2.75) is 26.8 Å². The van der Waals surface area contributed by atoms with E-state index in [1.54, 1.807) is 14.0 Å². The van der Waals surface area contributed by atoms with Crippen LogP contribution < -0.4 is 11.1 Å². The van der Waals surface area contributed by atoms with E-state index in [-0.39, 0.29) is 11.9 Å². The molecular formula is C12H17N5OS. The Labute approximate surface area is 115 Å². The molecule has 2 rings (SSSR count). The van der Waals surface area contributed by atoms with E-state index >= 15 is 0 Å². The molecular weight excluding hydrogens is 262 g/mol. The molecule has 0 aliphatic carbocycles. The van der Waals surface area contributed by atoms with Crippen LogP contribution in [0.1, 0.15) is 39.8 Å².